The predicted octanol–water partition coefficient (Wildman–Crippen LogP) is 1.39. The fourth-order valence-corrected chi connectivity index (χ4v) is 2.71. The van der Waals surface area contributed by atoms with Crippen LogP contribution in [0.5, 0.6) is 0 Å². The second-order valence-corrected chi connectivity index (χ2v) is 5.93. The first-order valence-corrected chi connectivity index (χ1v) is 8.28. The van der Waals surface area contributed by atoms with Gasteiger partial charge in [0.05, 0.1) is 5.56 Å². The molecule has 25 heavy (non-hydrogen) atoms. The van der Waals surface area contributed by atoms with Crippen molar-refractivity contribution in [1.82, 2.24) is 19.8 Å². The van der Waals surface area contributed by atoms with Crippen LogP contribution in [0.3, 0.4) is 0 Å². The van der Waals surface area contributed by atoms with Crippen molar-refractivity contribution in [1.29, 1.82) is 0 Å². The van der Waals surface area contributed by atoms with E-state index in [1.165, 1.54) is 0 Å². The van der Waals surface area contributed by atoms with Crippen LogP contribution < -0.4 is 5.32 Å². The van der Waals surface area contributed by atoms with E-state index in [-0.39, 0.29) is 11.8 Å². The summed E-state index contributed by atoms with van der Waals surface area (Å²) in [6.45, 7) is 4.38. The van der Waals surface area contributed by atoms with Crippen LogP contribution >= 0.6 is 0 Å². The summed E-state index contributed by atoms with van der Waals surface area (Å²) in [6.07, 6.45) is 3.08. The number of anilines is 1. The van der Waals surface area contributed by atoms with Crippen molar-refractivity contribution in [3.63, 3.8) is 0 Å². The Morgan fingerprint density at radius 1 is 1.00 bits per heavy atom. The SMILES string of the molecule is CC(=O)N1CCN(C(=O)c2cnc(NCc3ccccc3)nc2)CC1. The minimum Gasteiger partial charge on any atom is -0.350 e. The van der Waals surface area contributed by atoms with Crippen LogP contribution in [-0.4, -0.2) is 57.8 Å². The molecule has 2 amide bonds. The standard InChI is InChI=1S/C18H21N5O2/c1-14(24)22-7-9-23(10-8-22)17(25)16-12-20-18(21-13-16)19-11-15-5-3-2-4-6-15/h2-6,12-13H,7-11H2,1H3,(H,19,20,21). The van der Waals surface area contributed by atoms with E-state index in [1.807, 2.05) is 30.3 Å². The first kappa shape index (κ1) is 16.9. The van der Waals surface area contributed by atoms with Gasteiger partial charge in [-0.3, -0.25) is 9.59 Å². The molecule has 0 radical (unpaired) electrons. The fraction of sp³-hybridized carbons (Fsp3) is 0.333. The first-order chi connectivity index (χ1) is 12.1. The molecule has 1 aliphatic heterocycles. The molecule has 3 rings (SSSR count). The number of carbonyl (C=O) groups is 2. The highest BCUT2D eigenvalue weighted by atomic mass is 16.2. The van der Waals surface area contributed by atoms with E-state index in [4.69, 9.17) is 0 Å². The van der Waals surface area contributed by atoms with Crippen molar-refractivity contribution in [3.05, 3.63) is 53.9 Å². The van der Waals surface area contributed by atoms with Gasteiger partial charge in [0.1, 0.15) is 0 Å². The van der Waals surface area contributed by atoms with Gasteiger partial charge in [0.15, 0.2) is 0 Å². The van der Waals surface area contributed by atoms with Crippen molar-refractivity contribution < 1.29 is 9.59 Å². The minimum absolute atomic E-state index is 0.0456. The zero-order valence-electron chi connectivity index (χ0n) is 14.2. The van der Waals surface area contributed by atoms with E-state index < -0.39 is 0 Å². The Bertz CT molecular complexity index is 725. The Balaban J connectivity index is 1.55. The highest BCUT2D eigenvalue weighted by Crippen LogP contribution is 2.09. The third-order valence-corrected chi connectivity index (χ3v) is 4.20. The number of carbonyl (C=O) groups excluding carboxylic acids is 2. The number of hydrogen-bond acceptors (Lipinski definition) is 5. The number of nitrogens with one attached hydrogen (secondary N) is 1. The molecule has 130 valence electrons. The maximum Gasteiger partial charge on any atom is 0.257 e. The molecule has 1 aromatic carbocycles. The second kappa shape index (κ2) is 7.74. The largest absolute Gasteiger partial charge is 0.350 e. The molecule has 1 aliphatic rings. The molecule has 2 heterocycles. The molecule has 0 unspecified atom stereocenters. The number of rotatable bonds is 4. The summed E-state index contributed by atoms with van der Waals surface area (Å²) < 4.78 is 0. The van der Waals surface area contributed by atoms with Gasteiger partial charge in [-0.2, -0.15) is 0 Å². The maximum atomic E-state index is 12.5. The quantitative estimate of drug-likeness (QED) is 0.911. The molecule has 0 spiro atoms. The Hall–Kier alpha value is -2.96. The van der Waals surface area contributed by atoms with E-state index >= 15 is 0 Å². The minimum atomic E-state index is -0.0992. The molecule has 1 N–H and O–H groups in total. The molecule has 0 aliphatic carbocycles. The van der Waals surface area contributed by atoms with Crippen LogP contribution in [0.2, 0.25) is 0 Å². The topological polar surface area (TPSA) is 78.4 Å². The molecule has 1 aromatic heterocycles. The monoisotopic (exact) mass is 339 g/mol. The molecule has 7 heteroatoms. The van der Waals surface area contributed by atoms with E-state index in [0.29, 0.717) is 44.2 Å². The molecule has 1 fully saturated rings. The number of aromatic nitrogens is 2. The third kappa shape index (κ3) is 4.32. The van der Waals surface area contributed by atoms with Crippen LogP contribution in [0.4, 0.5) is 5.95 Å². The zero-order valence-corrected chi connectivity index (χ0v) is 14.2. The molecular weight excluding hydrogens is 318 g/mol. The zero-order chi connectivity index (χ0) is 17.6. The van der Waals surface area contributed by atoms with Gasteiger partial charge in [0.25, 0.3) is 5.91 Å². The van der Waals surface area contributed by atoms with Crippen LogP contribution in [0.1, 0.15) is 22.8 Å². The van der Waals surface area contributed by atoms with E-state index in [9.17, 15) is 9.59 Å². The van der Waals surface area contributed by atoms with Crippen molar-refractivity contribution in [2.24, 2.45) is 0 Å². The van der Waals surface area contributed by atoms with Crippen LogP contribution in [0.15, 0.2) is 42.7 Å². The maximum absolute atomic E-state index is 12.5. The Kier molecular flexibility index (Phi) is 5.23. The van der Waals surface area contributed by atoms with Gasteiger partial charge < -0.3 is 15.1 Å². The highest BCUT2D eigenvalue weighted by molar-refractivity contribution is 5.93. The number of amides is 2. The van der Waals surface area contributed by atoms with Gasteiger partial charge in [-0.05, 0) is 5.56 Å². The average Bonchev–Trinajstić information content (AvgIpc) is 2.67. The molecule has 7 nitrogen and oxygen atoms in total. The molecule has 0 saturated carbocycles. The Morgan fingerprint density at radius 3 is 2.20 bits per heavy atom. The summed E-state index contributed by atoms with van der Waals surface area (Å²) in [7, 11) is 0. The average molecular weight is 339 g/mol. The van der Waals surface area contributed by atoms with Crippen LogP contribution in [0.25, 0.3) is 0 Å². The second-order valence-electron chi connectivity index (χ2n) is 5.93. The molecule has 0 bridgehead atoms. The summed E-state index contributed by atoms with van der Waals surface area (Å²) in [6, 6.07) is 9.96. The summed E-state index contributed by atoms with van der Waals surface area (Å²) in [5, 5.41) is 3.13. The number of piperazine rings is 1. The molecule has 1 saturated heterocycles. The molecule has 2 aromatic rings. The lowest BCUT2D eigenvalue weighted by Gasteiger charge is -2.34. The fourth-order valence-electron chi connectivity index (χ4n) is 2.71. The van der Waals surface area contributed by atoms with Gasteiger partial charge in [0, 0.05) is 52.0 Å². The lowest BCUT2D eigenvalue weighted by Crippen LogP contribution is -2.50. The Morgan fingerprint density at radius 2 is 1.60 bits per heavy atom. The van der Waals surface area contributed by atoms with Gasteiger partial charge in [-0.1, -0.05) is 30.3 Å². The summed E-state index contributed by atoms with van der Waals surface area (Å²) in [5.74, 6) is 0.434. The van der Waals surface area contributed by atoms with E-state index in [2.05, 4.69) is 15.3 Å². The van der Waals surface area contributed by atoms with Crippen molar-refractivity contribution in [2.45, 2.75) is 13.5 Å². The van der Waals surface area contributed by atoms with E-state index in [1.54, 1.807) is 29.1 Å². The van der Waals surface area contributed by atoms with Crippen molar-refractivity contribution in [3.8, 4) is 0 Å². The van der Waals surface area contributed by atoms with Gasteiger partial charge >= 0.3 is 0 Å². The molecular formula is C18H21N5O2. The van der Waals surface area contributed by atoms with Gasteiger partial charge in [0.2, 0.25) is 11.9 Å². The summed E-state index contributed by atoms with van der Waals surface area (Å²) in [4.78, 5) is 35.7. The number of nitrogens with zero attached hydrogens (tertiary/aromatic N) is 4. The molecule has 0 atom stereocenters. The third-order valence-electron chi connectivity index (χ3n) is 4.20. The summed E-state index contributed by atoms with van der Waals surface area (Å²) >= 11 is 0. The van der Waals surface area contributed by atoms with Crippen molar-refractivity contribution >= 4 is 17.8 Å². The lowest BCUT2D eigenvalue weighted by molar-refractivity contribution is -0.130. The first-order valence-electron chi connectivity index (χ1n) is 8.28. The lowest BCUT2D eigenvalue weighted by atomic mass is 10.2. The predicted molar refractivity (Wildman–Crippen MR) is 94.0 cm³/mol. The number of benzene rings is 1. The van der Waals surface area contributed by atoms with Crippen LogP contribution in [-0.2, 0) is 11.3 Å². The smallest absolute Gasteiger partial charge is 0.257 e. The van der Waals surface area contributed by atoms with E-state index in [0.717, 1.165) is 5.56 Å². The number of hydrogen-bond donors (Lipinski definition) is 1. The highest BCUT2D eigenvalue weighted by Gasteiger charge is 2.23. The Labute approximate surface area is 146 Å². The van der Waals surface area contributed by atoms with Crippen LogP contribution in [0, 0.1) is 0 Å². The van der Waals surface area contributed by atoms with Gasteiger partial charge in [-0.15, -0.1) is 0 Å². The van der Waals surface area contributed by atoms with Gasteiger partial charge in [-0.25, -0.2) is 9.97 Å². The van der Waals surface area contributed by atoms with Crippen molar-refractivity contribution in [2.75, 3.05) is 31.5 Å². The normalized spacial score (nSPS) is 14.3. The summed E-state index contributed by atoms with van der Waals surface area (Å²) in [5.41, 5.74) is 1.59.